The van der Waals surface area contributed by atoms with Crippen LogP contribution in [0.5, 0.6) is 0 Å². The third kappa shape index (κ3) is 1.71. The Morgan fingerprint density at radius 2 is 2.46 bits per heavy atom. The molecule has 0 aromatic carbocycles. The molecule has 1 amide bonds. The van der Waals surface area contributed by atoms with E-state index in [0.29, 0.717) is 11.9 Å². The number of anilines is 1. The van der Waals surface area contributed by atoms with E-state index >= 15 is 0 Å². The Morgan fingerprint density at radius 3 is 3.00 bits per heavy atom. The van der Waals surface area contributed by atoms with Crippen LogP contribution in [0.4, 0.5) is 5.95 Å². The quantitative estimate of drug-likeness (QED) is 0.720. The summed E-state index contributed by atoms with van der Waals surface area (Å²) in [7, 11) is 0. The topological polar surface area (TPSA) is 57.8 Å². The Hall–Kier alpha value is -1.32. The van der Waals surface area contributed by atoms with Gasteiger partial charge in [-0.3, -0.25) is 10.1 Å². The fourth-order valence-electron chi connectivity index (χ4n) is 1.67. The van der Waals surface area contributed by atoms with E-state index in [4.69, 9.17) is 0 Å². The minimum Gasteiger partial charge on any atom is -0.331 e. The number of carbonyl (C=O) groups excluding carboxylic acids is 1. The van der Waals surface area contributed by atoms with Crippen LogP contribution in [-0.4, -0.2) is 15.9 Å². The second kappa shape index (κ2) is 3.20. The lowest BCUT2D eigenvalue weighted by Crippen LogP contribution is -2.33. The normalized spacial score (nSPS) is 26.5. The number of carbonyl (C=O) groups is 1. The zero-order chi connectivity index (χ0) is 9.26. The lowest BCUT2D eigenvalue weighted by Gasteiger charge is -2.30. The number of nitrogens with zero attached hydrogens (tertiary/aromatic N) is 1. The third-order valence-corrected chi connectivity index (χ3v) is 2.48. The molecule has 0 radical (unpaired) electrons. The number of amides is 1. The van der Waals surface area contributed by atoms with Crippen LogP contribution in [0.25, 0.3) is 0 Å². The molecule has 0 bridgehead atoms. The van der Waals surface area contributed by atoms with Gasteiger partial charge in [-0.05, 0) is 18.8 Å². The average molecular weight is 179 g/mol. The second-order valence-corrected chi connectivity index (χ2v) is 3.70. The summed E-state index contributed by atoms with van der Waals surface area (Å²) in [5.74, 6) is 1.53. The Balaban J connectivity index is 1.86. The molecule has 0 atom stereocenters. The molecule has 0 unspecified atom stereocenters. The summed E-state index contributed by atoms with van der Waals surface area (Å²) >= 11 is 0. The van der Waals surface area contributed by atoms with Crippen LogP contribution in [0.2, 0.25) is 0 Å². The van der Waals surface area contributed by atoms with Crippen molar-refractivity contribution in [2.24, 2.45) is 11.8 Å². The molecule has 4 nitrogen and oxygen atoms in total. The first-order valence-corrected chi connectivity index (χ1v) is 4.56. The number of hydrogen-bond acceptors (Lipinski definition) is 2. The molecule has 0 aliphatic heterocycles. The van der Waals surface area contributed by atoms with E-state index in [1.807, 2.05) is 0 Å². The van der Waals surface area contributed by atoms with E-state index in [1.54, 1.807) is 12.4 Å². The largest absolute Gasteiger partial charge is 0.331 e. The van der Waals surface area contributed by atoms with Gasteiger partial charge in [-0.15, -0.1) is 0 Å². The highest BCUT2D eigenvalue weighted by Crippen LogP contribution is 2.33. The van der Waals surface area contributed by atoms with Crippen LogP contribution in [0.3, 0.4) is 0 Å². The Kier molecular flexibility index (Phi) is 2.04. The fourth-order valence-corrected chi connectivity index (χ4v) is 1.67. The summed E-state index contributed by atoms with van der Waals surface area (Å²) in [6.45, 7) is 2.16. The van der Waals surface area contributed by atoms with Crippen LogP contribution < -0.4 is 5.32 Å². The number of aromatic nitrogens is 2. The average Bonchev–Trinajstić information content (AvgIpc) is 2.51. The summed E-state index contributed by atoms with van der Waals surface area (Å²) in [5.41, 5.74) is 0. The van der Waals surface area contributed by atoms with Crippen molar-refractivity contribution in [3.63, 3.8) is 0 Å². The van der Waals surface area contributed by atoms with Gasteiger partial charge in [0.2, 0.25) is 11.9 Å². The van der Waals surface area contributed by atoms with Gasteiger partial charge in [-0.25, -0.2) is 4.98 Å². The highest BCUT2D eigenvalue weighted by molar-refractivity contribution is 5.91. The van der Waals surface area contributed by atoms with E-state index in [-0.39, 0.29) is 11.8 Å². The molecule has 1 aliphatic rings. The van der Waals surface area contributed by atoms with Crippen molar-refractivity contribution in [2.75, 3.05) is 5.32 Å². The van der Waals surface area contributed by atoms with Crippen LogP contribution in [0, 0.1) is 11.8 Å². The first kappa shape index (κ1) is 8.29. The smallest absolute Gasteiger partial charge is 0.229 e. The predicted octanol–water partition coefficient (Wildman–Crippen LogP) is 1.39. The molecular weight excluding hydrogens is 166 g/mol. The summed E-state index contributed by atoms with van der Waals surface area (Å²) in [6, 6.07) is 0. The standard InChI is InChI=1S/C9H13N3O/c1-6-4-7(5-6)8(13)12-9-10-2-3-11-9/h2-3,6-7H,4-5H2,1H3,(H2,10,11,12,13). The van der Waals surface area contributed by atoms with Gasteiger partial charge in [-0.1, -0.05) is 6.92 Å². The molecule has 4 heteroatoms. The molecule has 0 spiro atoms. The lowest BCUT2D eigenvalue weighted by atomic mass is 9.76. The van der Waals surface area contributed by atoms with E-state index in [2.05, 4.69) is 22.2 Å². The van der Waals surface area contributed by atoms with Gasteiger partial charge in [0.05, 0.1) is 0 Å². The molecule has 2 rings (SSSR count). The molecule has 2 N–H and O–H groups in total. The predicted molar refractivity (Wildman–Crippen MR) is 49.1 cm³/mol. The maximum absolute atomic E-state index is 11.5. The molecule has 13 heavy (non-hydrogen) atoms. The molecule has 1 heterocycles. The van der Waals surface area contributed by atoms with Crippen molar-refractivity contribution in [3.8, 4) is 0 Å². The number of nitrogens with one attached hydrogen (secondary N) is 2. The van der Waals surface area contributed by atoms with E-state index in [1.165, 1.54) is 0 Å². The van der Waals surface area contributed by atoms with E-state index in [9.17, 15) is 4.79 Å². The molecule has 70 valence electrons. The number of rotatable bonds is 2. The van der Waals surface area contributed by atoms with Gasteiger partial charge in [0.1, 0.15) is 0 Å². The molecule has 1 saturated carbocycles. The second-order valence-electron chi connectivity index (χ2n) is 3.70. The number of imidazole rings is 1. The van der Waals surface area contributed by atoms with Gasteiger partial charge >= 0.3 is 0 Å². The molecule has 1 aromatic rings. The summed E-state index contributed by atoms with van der Waals surface area (Å²) in [6.07, 6.45) is 5.33. The van der Waals surface area contributed by atoms with Gasteiger partial charge < -0.3 is 4.98 Å². The zero-order valence-electron chi connectivity index (χ0n) is 7.58. The van der Waals surface area contributed by atoms with Crippen molar-refractivity contribution in [1.29, 1.82) is 0 Å². The van der Waals surface area contributed by atoms with Gasteiger partial charge in [0.25, 0.3) is 0 Å². The van der Waals surface area contributed by atoms with Crippen LogP contribution >= 0.6 is 0 Å². The molecule has 1 fully saturated rings. The third-order valence-electron chi connectivity index (χ3n) is 2.48. The van der Waals surface area contributed by atoms with Gasteiger partial charge in [0, 0.05) is 18.3 Å². The Morgan fingerprint density at radius 1 is 1.69 bits per heavy atom. The maximum Gasteiger partial charge on any atom is 0.229 e. The SMILES string of the molecule is CC1CC(C(=O)Nc2ncc[nH]2)C1. The van der Waals surface area contributed by atoms with Crippen LogP contribution in [0.1, 0.15) is 19.8 Å². The highest BCUT2D eigenvalue weighted by Gasteiger charge is 2.31. The molecular formula is C9H13N3O. The van der Waals surface area contributed by atoms with Crippen molar-refractivity contribution < 1.29 is 4.79 Å². The minimum absolute atomic E-state index is 0.0908. The molecule has 0 saturated heterocycles. The van der Waals surface area contributed by atoms with Crippen molar-refractivity contribution in [3.05, 3.63) is 12.4 Å². The van der Waals surface area contributed by atoms with Crippen molar-refractivity contribution in [1.82, 2.24) is 9.97 Å². The van der Waals surface area contributed by atoms with Crippen LogP contribution in [0.15, 0.2) is 12.4 Å². The number of hydrogen-bond donors (Lipinski definition) is 2. The van der Waals surface area contributed by atoms with Crippen molar-refractivity contribution >= 4 is 11.9 Å². The first-order chi connectivity index (χ1) is 6.25. The van der Waals surface area contributed by atoms with E-state index < -0.39 is 0 Å². The van der Waals surface area contributed by atoms with Gasteiger partial charge in [-0.2, -0.15) is 0 Å². The Labute approximate surface area is 76.8 Å². The number of H-pyrrole nitrogens is 1. The summed E-state index contributed by atoms with van der Waals surface area (Å²) in [5, 5.41) is 2.74. The maximum atomic E-state index is 11.5. The fraction of sp³-hybridized carbons (Fsp3) is 0.556. The molecule has 1 aromatic heterocycles. The lowest BCUT2D eigenvalue weighted by molar-refractivity contribution is -0.123. The monoisotopic (exact) mass is 179 g/mol. The van der Waals surface area contributed by atoms with Crippen LogP contribution in [-0.2, 0) is 4.79 Å². The Bertz CT molecular complexity index is 288. The summed E-state index contributed by atoms with van der Waals surface area (Å²) in [4.78, 5) is 18.2. The first-order valence-electron chi connectivity index (χ1n) is 4.56. The van der Waals surface area contributed by atoms with E-state index in [0.717, 1.165) is 12.8 Å². The van der Waals surface area contributed by atoms with Crippen molar-refractivity contribution in [2.45, 2.75) is 19.8 Å². The summed E-state index contributed by atoms with van der Waals surface area (Å²) < 4.78 is 0. The number of aromatic amines is 1. The highest BCUT2D eigenvalue weighted by atomic mass is 16.2. The zero-order valence-corrected chi connectivity index (χ0v) is 7.58. The molecule has 1 aliphatic carbocycles. The minimum atomic E-state index is 0.0908. The van der Waals surface area contributed by atoms with Gasteiger partial charge in [0.15, 0.2) is 0 Å².